The highest BCUT2D eigenvalue weighted by molar-refractivity contribution is 7.92. The predicted molar refractivity (Wildman–Crippen MR) is 163 cm³/mol. The number of fused-ring (bicyclic) bond motifs is 1. The highest BCUT2D eigenvalue weighted by Crippen LogP contribution is 2.25. The van der Waals surface area contributed by atoms with Crippen LogP contribution in [0.25, 0.3) is 11.0 Å². The first kappa shape index (κ1) is 27.6. The van der Waals surface area contributed by atoms with E-state index < -0.39 is 10.0 Å². The Morgan fingerprint density at radius 1 is 0.829 bits per heavy atom. The molecule has 0 aliphatic carbocycles. The van der Waals surface area contributed by atoms with Crippen LogP contribution in [0, 0.1) is 10.8 Å². The van der Waals surface area contributed by atoms with Crippen LogP contribution >= 0.6 is 0 Å². The number of imidazole rings is 1. The minimum absolute atomic E-state index is 0.0128. The molecule has 0 saturated heterocycles. The van der Waals surface area contributed by atoms with E-state index in [2.05, 4.69) is 4.72 Å². The molecule has 7 N–H and O–H groups in total. The number of benzene rings is 4. The van der Waals surface area contributed by atoms with Crippen LogP contribution in [-0.4, -0.2) is 29.6 Å². The number of aromatic nitrogens is 2. The highest BCUT2D eigenvalue weighted by Gasteiger charge is 2.19. The minimum atomic E-state index is -3.88. The average Bonchev–Trinajstić information content (AvgIpc) is 3.26. The molecule has 10 heteroatoms. The van der Waals surface area contributed by atoms with Crippen molar-refractivity contribution >= 4 is 38.4 Å². The zero-order valence-electron chi connectivity index (χ0n) is 22.6. The zero-order chi connectivity index (χ0) is 29.1. The molecular formula is C31H31N7O2S. The molecule has 208 valence electrons. The van der Waals surface area contributed by atoms with Gasteiger partial charge < -0.3 is 16.0 Å². The number of hydrogen-bond acceptors (Lipinski definition) is 5. The number of anilines is 1. The van der Waals surface area contributed by atoms with Crippen LogP contribution < -0.4 is 16.2 Å². The van der Waals surface area contributed by atoms with Gasteiger partial charge in [0.05, 0.1) is 21.6 Å². The third kappa shape index (κ3) is 6.12. The molecule has 0 radical (unpaired) electrons. The molecule has 5 aromatic rings. The van der Waals surface area contributed by atoms with Crippen molar-refractivity contribution in [1.82, 2.24) is 9.55 Å². The number of nitrogen functional groups attached to an aromatic ring is 2. The molecular weight excluding hydrogens is 534 g/mol. The molecule has 0 saturated carbocycles. The Labute approximate surface area is 238 Å². The van der Waals surface area contributed by atoms with E-state index in [0.717, 1.165) is 28.9 Å². The van der Waals surface area contributed by atoms with E-state index in [0.29, 0.717) is 40.7 Å². The molecule has 0 fully saturated rings. The van der Waals surface area contributed by atoms with Gasteiger partial charge in [0, 0.05) is 24.6 Å². The summed E-state index contributed by atoms with van der Waals surface area (Å²) in [5.41, 5.74) is 17.1. The molecule has 0 spiro atoms. The molecule has 9 nitrogen and oxygen atoms in total. The minimum Gasteiger partial charge on any atom is -0.384 e. The molecule has 0 unspecified atom stereocenters. The Balaban J connectivity index is 1.34. The lowest BCUT2D eigenvalue weighted by Crippen LogP contribution is -2.15. The smallest absolute Gasteiger partial charge is 0.262 e. The number of nitrogens with zero attached hydrogens (tertiary/aromatic N) is 2. The van der Waals surface area contributed by atoms with E-state index in [9.17, 15) is 8.42 Å². The van der Waals surface area contributed by atoms with E-state index in [1.165, 1.54) is 0 Å². The van der Waals surface area contributed by atoms with Gasteiger partial charge in [-0.3, -0.25) is 15.5 Å². The van der Waals surface area contributed by atoms with E-state index in [4.69, 9.17) is 27.3 Å². The topological polar surface area (TPSA) is 164 Å². The zero-order valence-corrected chi connectivity index (χ0v) is 23.4. The molecule has 5 rings (SSSR count). The summed E-state index contributed by atoms with van der Waals surface area (Å²) in [6.07, 6.45) is 1.88. The second-order valence-electron chi connectivity index (χ2n) is 9.90. The van der Waals surface area contributed by atoms with Crippen molar-refractivity contribution in [3.63, 3.8) is 0 Å². The second-order valence-corrected chi connectivity index (χ2v) is 11.6. The Bertz CT molecular complexity index is 1860. The highest BCUT2D eigenvalue weighted by atomic mass is 32.2. The molecule has 0 bridgehead atoms. The van der Waals surface area contributed by atoms with Gasteiger partial charge in [0.25, 0.3) is 10.0 Å². The lowest BCUT2D eigenvalue weighted by molar-refractivity contribution is 0.600. The third-order valence-corrected chi connectivity index (χ3v) is 8.53. The number of nitrogens with one attached hydrogen (secondary N) is 3. The first-order valence-corrected chi connectivity index (χ1v) is 14.5. The van der Waals surface area contributed by atoms with Crippen LogP contribution in [0.15, 0.2) is 95.9 Å². The van der Waals surface area contributed by atoms with E-state index in [1.807, 2.05) is 60.1 Å². The lowest BCUT2D eigenvalue weighted by Gasteiger charge is -2.13. The summed E-state index contributed by atoms with van der Waals surface area (Å²) in [4.78, 5) is 4.98. The summed E-state index contributed by atoms with van der Waals surface area (Å²) in [7, 11) is -1.93. The van der Waals surface area contributed by atoms with Crippen LogP contribution in [0.1, 0.15) is 33.6 Å². The summed E-state index contributed by atoms with van der Waals surface area (Å²) < 4.78 is 31.7. The Kier molecular flexibility index (Phi) is 7.58. The summed E-state index contributed by atoms with van der Waals surface area (Å²) in [6.45, 7) is 0. The molecule has 0 aliphatic heterocycles. The first-order valence-electron chi connectivity index (χ1n) is 13.0. The number of aryl methyl sites for hydroxylation is 3. The van der Waals surface area contributed by atoms with Gasteiger partial charge in [-0.1, -0.05) is 66.7 Å². The maximum absolute atomic E-state index is 13.5. The SMILES string of the molecule is Cn1c(CCc2ccc(C(=N)N)cc2)nc2cc(NS(=O)(=O)c3ccccc3Cc3ccc(C(=N)N)cc3)ccc21. The summed E-state index contributed by atoms with van der Waals surface area (Å²) in [5, 5.41) is 15.1. The fourth-order valence-corrected chi connectivity index (χ4v) is 6.08. The Morgan fingerprint density at radius 2 is 1.44 bits per heavy atom. The van der Waals surface area contributed by atoms with Crippen LogP contribution in [0.5, 0.6) is 0 Å². The third-order valence-electron chi connectivity index (χ3n) is 7.05. The maximum atomic E-state index is 13.5. The van der Waals surface area contributed by atoms with E-state index in [1.54, 1.807) is 42.5 Å². The van der Waals surface area contributed by atoms with E-state index in [-0.39, 0.29) is 16.6 Å². The van der Waals surface area contributed by atoms with E-state index >= 15 is 0 Å². The van der Waals surface area contributed by atoms with Gasteiger partial charge in [0.2, 0.25) is 0 Å². The standard InChI is InChI=1S/C31H31N7O2S/c1-38-27-16-15-25(19-26(27)36-29(38)17-10-20-6-11-22(12-7-20)30(32)33)37-41(39,40)28-5-3-2-4-24(28)18-21-8-13-23(14-9-21)31(34)35/h2-9,11-16,19,37H,10,17-18H2,1H3,(H3,32,33)(H3,34,35). The normalized spacial score (nSPS) is 11.4. The Hall–Kier alpha value is -4.96. The van der Waals surface area contributed by atoms with Crippen molar-refractivity contribution in [3.05, 3.63) is 125 Å². The van der Waals surface area contributed by atoms with Crippen LogP contribution in [0.4, 0.5) is 5.69 Å². The monoisotopic (exact) mass is 565 g/mol. The molecule has 1 heterocycles. The lowest BCUT2D eigenvalue weighted by atomic mass is 10.0. The second kappa shape index (κ2) is 11.3. The van der Waals surface area contributed by atoms with Crippen molar-refractivity contribution < 1.29 is 8.42 Å². The van der Waals surface area contributed by atoms with Gasteiger partial charge in [-0.2, -0.15) is 0 Å². The quantitative estimate of drug-likeness (QED) is 0.126. The van der Waals surface area contributed by atoms with Crippen molar-refractivity contribution in [2.45, 2.75) is 24.2 Å². The number of rotatable bonds is 10. The van der Waals surface area contributed by atoms with Crippen LogP contribution in [0.3, 0.4) is 0 Å². The first-order chi connectivity index (χ1) is 19.6. The van der Waals surface area contributed by atoms with Crippen molar-refractivity contribution in [2.24, 2.45) is 18.5 Å². The summed E-state index contributed by atoms with van der Waals surface area (Å²) in [6, 6.07) is 27.1. The molecule has 0 aliphatic rings. The van der Waals surface area contributed by atoms with Gasteiger partial charge in [-0.05, 0) is 53.8 Å². The van der Waals surface area contributed by atoms with Crippen molar-refractivity contribution in [1.29, 1.82) is 10.8 Å². The van der Waals surface area contributed by atoms with Gasteiger partial charge in [0.15, 0.2) is 0 Å². The number of hydrogen-bond donors (Lipinski definition) is 5. The number of sulfonamides is 1. The van der Waals surface area contributed by atoms with Gasteiger partial charge >= 0.3 is 0 Å². The predicted octanol–water partition coefficient (Wildman–Crippen LogP) is 4.32. The largest absolute Gasteiger partial charge is 0.384 e. The fraction of sp³-hybridized carbons (Fsp3) is 0.129. The van der Waals surface area contributed by atoms with Crippen LogP contribution in [0.2, 0.25) is 0 Å². The molecule has 0 amide bonds. The molecule has 4 aromatic carbocycles. The fourth-order valence-electron chi connectivity index (χ4n) is 4.79. The van der Waals surface area contributed by atoms with Gasteiger partial charge in [-0.25, -0.2) is 13.4 Å². The van der Waals surface area contributed by atoms with Crippen LogP contribution in [-0.2, 0) is 36.3 Å². The molecule has 41 heavy (non-hydrogen) atoms. The van der Waals surface area contributed by atoms with Crippen molar-refractivity contribution in [2.75, 3.05) is 4.72 Å². The summed E-state index contributed by atoms with van der Waals surface area (Å²) in [5.74, 6) is 0.917. The van der Waals surface area contributed by atoms with Crippen molar-refractivity contribution in [3.8, 4) is 0 Å². The number of amidine groups is 2. The van der Waals surface area contributed by atoms with Gasteiger partial charge in [-0.15, -0.1) is 0 Å². The molecule has 0 atom stereocenters. The van der Waals surface area contributed by atoms with Gasteiger partial charge in [0.1, 0.15) is 17.5 Å². The Morgan fingerprint density at radius 3 is 2.07 bits per heavy atom. The average molecular weight is 566 g/mol. The maximum Gasteiger partial charge on any atom is 0.262 e. The molecule has 1 aromatic heterocycles. The summed E-state index contributed by atoms with van der Waals surface area (Å²) >= 11 is 0. The number of nitrogens with two attached hydrogens (primary N) is 2.